The Labute approximate surface area is 132 Å². The predicted octanol–water partition coefficient (Wildman–Crippen LogP) is 2.39. The van der Waals surface area contributed by atoms with Crippen molar-refractivity contribution in [2.45, 2.75) is 32.2 Å². The van der Waals surface area contributed by atoms with E-state index < -0.39 is 0 Å². The minimum atomic E-state index is 0.305. The van der Waals surface area contributed by atoms with Crippen LogP contribution in [0.3, 0.4) is 0 Å². The van der Waals surface area contributed by atoms with Crippen LogP contribution in [-0.2, 0) is 11.3 Å². The molecule has 2 fully saturated rings. The SMILES string of the molecule is N#Cc1cccc(CN2CCCN(C(=O)C3CCC3)CC2)c1. The summed E-state index contributed by atoms with van der Waals surface area (Å²) >= 11 is 0. The average molecular weight is 297 g/mol. The second kappa shape index (κ2) is 6.93. The summed E-state index contributed by atoms with van der Waals surface area (Å²) in [5.41, 5.74) is 1.90. The molecular formula is C18H23N3O. The van der Waals surface area contributed by atoms with E-state index in [1.165, 1.54) is 12.0 Å². The highest BCUT2D eigenvalue weighted by molar-refractivity contribution is 5.79. The number of carbonyl (C=O) groups is 1. The average Bonchev–Trinajstić information content (AvgIpc) is 2.71. The minimum absolute atomic E-state index is 0.305. The van der Waals surface area contributed by atoms with Crippen molar-refractivity contribution in [1.29, 1.82) is 5.26 Å². The second-order valence-electron chi connectivity index (χ2n) is 6.39. The molecular weight excluding hydrogens is 274 g/mol. The first-order valence-electron chi connectivity index (χ1n) is 8.26. The van der Waals surface area contributed by atoms with Crippen molar-refractivity contribution >= 4 is 5.91 Å². The lowest BCUT2D eigenvalue weighted by Crippen LogP contribution is -2.41. The number of carbonyl (C=O) groups excluding carboxylic acids is 1. The lowest BCUT2D eigenvalue weighted by Gasteiger charge is -2.31. The Balaban J connectivity index is 1.55. The van der Waals surface area contributed by atoms with Gasteiger partial charge in [-0.3, -0.25) is 9.69 Å². The number of amides is 1. The van der Waals surface area contributed by atoms with Gasteiger partial charge in [0.2, 0.25) is 5.91 Å². The standard InChI is InChI=1S/C18H23N3O/c19-13-15-4-1-5-16(12-15)14-20-8-3-9-21(11-10-20)18(22)17-6-2-7-17/h1,4-5,12,17H,2-3,6-11,14H2. The van der Waals surface area contributed by atoms with Crippen LogP contribution in [0.1, 0.15) is 36.8 Å². The molecule has 1 aromatic carbocycles. The highest BCUT2D eigenvalue weighted by atomic mass is 16.2. The Kier molecular flexibility index (Phi) is 4.74. The smallest absolute Gasteiger partial charge is 0.225 e. The molecule has 0 atom stereocenters. The molecule has 1 amide bonds. The zero-order valence-corrected chi connectivity index (χ0v) is 13.0. The maximum atomic E-state index is 12.4. The maximum Gasteiger partial charge on any atom is 0.225 e. The molecule has 4 heteroatoms. The Morgan fingerprint density at radius 1 is 1.18 bits per heavy atom. The van der Waals surface area contributed by atoms with E-state index in [0.717, 1.165) is 52.0 Å². The molecule has 116 valence electrons. The number of rotatable bonds is 3. The molecule has 2 aliphatic rings. The van der Waals surface area contributed by atoms with Crippen molar-refractivity contribution in [3.05, 3.63) is 35.4 Å². The summed E-state index contributed by atoms with van der Waals surface area (Å²) in [5.74, 6) is 0.679. The third kappa shape index (κ3) is 3.48. The monoisotopic (exact) mass is 297 g/mol. The third-order valence-electron chi connectivity index (χ3n) is 4.82. The molecule has 22 heavy (non-hydrogen) atoms. The lowest BCUT2D eigenvalue weighted by atomic mass is 9.84. The third-order valence-corrected chi connectivity index (χ3v) is 4.82. The van der Waals surface area contributed by atoms with Gasteiger partial charge in [-0.15, -0.1) is 0 Å². The Morgan fingerprint density at radius 2 is 2.05 bits per heavy atom. The van der Waals surface area contributed by atoms with Crippen molar-refractivity contribution in [1.82, 2.24) is 9.80 Å². The normalized spacial score (nSPS) is 20.0. The molecule has 3 rings (SSSR count). The number of benzene rings is 1. The van der Waals surface area contributed by atoms with Crippen LogP contribution in [0.4, 0.5) is 0 Å². The zero-order valence-electron chi connectivity index (χ0n) is 13.0. The molecule has 0 aromatic heterocycles. The molecule has 0 unspecified atom stereocenters. The Morgan fingerprint density at radius 3 is 2.77 bits per heavy atom. The summed E-state index contributed by atoms with van der Waals surface area (Å²) in [6.45, 7) is 4.54. The molecule has 0 spiro atoms. The van der Waals surface area contributed by atoms with E-state index in [0.29, 0.717) is 17.4 Å². The number of hydrogen-bond acceptors (Lipinski definition) is 3. The van der Waals surface area contributed by atoms with Gasteiger partial charge in [-0.05, 0) is 37.0 Å². The summed E-state index contributed by atoms with van der Waals surface area (Å²) in [4.78, 5) is 16.8. The van der Waals surface area contributed by atoms with Gasteiger partial charge in [0.1, 0.15) is 0 Å². The fourth-order valence-electron chi connectivity index (χ4n) is 3.26. The quantitative estimate of drug-likeness (QED) is 0.860. The van der Waals surface area contributed by atoms with Crippen LogP contribution in [0.2, 0.25) is 0 Å². The fraction of sp³-hybridized carbons (Fsp3) is 0.556. The van der Waals surface area contributed by atoms with Crippen LogP contribution >= 0.6 is 0 Å². The van der Waals surface area contributed by atoms with Gasteiger partial charge in [0.25, 0.3) is 0 Å². The van der Waals surface area contributed by atoms with Crippen molar-refractivity contribution in [3.8, 4) is 6.07 Å². The van der Waals surface area contributed by atoms with Gasteiger partial charge >= 0.3 is 0 Å². The van der Waals surface area contributed by atoms with Crippen LogP contribution in [0, 0.1) is 17.2 Å². The molecule has 0 radical (unpaired) electrons. The van der Waals surface area contributed by atoms with Crippen molar-refractivity contribution < 1.29 is 4.79 Å². The molecule has 0 N–H and O–H groups in total. The van der Waals surface area contributed by atoms with Crippen molar-refractivity contribution in [3.63, 3.8) is 0 Å². The van der Waals surface area contributed by atoms with Gasteiger partial charge in [0.15, 0.2) is 0 Å². The van der Waals surface area contributed by atoms with E-state index in [2.05, 4.69) is 21.9 Å². The number of nitrogens with zero attached hydrogens (tertiary/aromatic N) is 3. The van der Waals surface area contributed by atoms with Gasteiger partial charge in [-0.1, -0.05) is 18.6 Å². The predicted molar refractivity (Wildman–Crippen MR) is 85.0 cm³/mol. The molecule has 1 saturated heterocycles. The lowest BCUT2D eigenvalue weighted by molar-refractivity contribution is -0.138. The first kappa shape index (κ1) is 15.1. The van der Waals surface area contributed by atoms with Crippen LogP contribution in [-0.4, -0.2) is 41.9 Å². The second-order valence-corrected chi connectivity index (χ2v) is 6.39. The van der Waals surface area contributed by atoms with Gasteiger partial charge in [0, 0.05) is 38.6 Å². The Hall–Kier alpha value is -1.86. The number of nitriles is 1. The first-order chi connectivity index (χ1) is 10.8. The summed E-state index contributed by atoms with van der Waals surface area (Å²) in [5, 5.41) is 8.98. The van der Waals surface area contributed by atoms with Gasteiger partial charge < -0.3 is 4.90 Å². The van der Waals surface area contributed by atoms with Crippen LogP contribution in [0.25, 0.3) is 0 Å². The van der Waals surface area contributed by atoms with E-state index in [1.54, 1.807) is 0 Å². The van der Waals surface area contributed by atoms with E-state index >= 15 is 0 Å². The van der Waals surface area contributed by atoms with Crippen LogP contribution in [0.15, 0.2) is 24.3 Å². The molecule has 1 aliphatic carbocycles. The summed E-state index contributed by atoms with van der Waals surface area (Å²) in [6, 6.07) is 10.0. The zero-order chi connectivity index (χ0) is 15.4. The molecule has 4 nitrogen and oxygen atoms in total. The van der Waals surface area contributed by atoms with Crippen LogP contribution in [0.5, 0.6) is 0 Å². The van der Waals surface area contributed by atoms with E-state index in [4.69, 9.17) is 5.26 Å². The summed E-state index contributed by atoms with van der Waals surface area (Å²) in [6.07, 6.45) is 4.42. The minimum Gasteiger partial charge on any atom is -0.341 e. The molecule has 1 saturated carbocycles. The fourth-order valence-corrected chi connectivity index (χ4v) is 3.26. The largest absolute Gasteiger partial charge is 0.341 e. The topological polar surface area (TPSA) is 47.3 Å². The van der Waals surface area contributed by atoms with E-state index in [-0.39, 0.29) is 0 Å². The van der Waals surface area contributed by atoms with E-state index in [9.17, 15) is 4.79 Å². The van der Waals surface area contributed by atoms with Gasteiger partial charge in [-0.2, -0.15) is 5.26 Å². The van der Waals surface area contributed by atoms with E-state index in [1.807, 2.05) is 18.2 Å². The van der Waals surface area contributed by atoms with Crippen LogP contribution < -0.4 is 0 Å². The maximum absolute atomic E-state index is 12.4. The summed E-state index contributed by atoms with van der Waals surface area (Å²) in [7, 11) is 0. The highest BCUT2D eigenvalue weighted by Gasteiger charge is 2.30. The molecule has 1 aromatic rings. The van der Waals surface area contributed by atoms with Crippen molar-refractivity contribution in [2.75, 3.05) is 26.2 Å². The number of hydrogen-bond donors (Lipinski definition) is 0. The molecule has 0 bridgehead atoms. The van der Waals surface area contributed by atoms with Gasteiger partial charge in [-0.25, -0.2) is 0 Å². The molecule has 1 aliphatic heterocycles. The summed E-state index contributed by atoms with van der Waals surface area (Å²) < 4.78 is 0. The first-order valence-corrected chi connectivity index (χ1v) is 8.26. The highest BCUT2D eigenvalue weighted by Crippen LogP contribution is 2.28. The van der Waals surface area contributed by atoms with Crippen molar-refractivity contribution in [2.24, 2.45) is 5.92 Å². The molecule has 1 heterocycles. The van der Waals surface area contributed by atoms with Gasteiger partial charge in [0.05, 0.1) is 11.6 Å². The Bertz CT molecular complexity index is 574.